The highest BCUT2D eigenvalue weighted by Gasteiger charge is 1.95. The quantitative estimate of drug-likeness (QED) is 0.528. The molecule has 0 aliphatic rings. The first-order valence-electron chi connectivity index (χ1n) is 1.84. The molecule has 0 fully saturated rings. The van der Waals surface area contributed by atoms with Crippen LogP contribution in [0.1, 0.15) is 5.69 Å². The number of nitrogens with zero attached hydrogens (tertiary/aromatic N) is 2. The minimum atomic E-state index is 0.00144. The maximum absolute atomic E-state index is 8.12. The van der Waals surface area contributed by atoms with E-state index in [1.807, 2.05) is 0 Å². The molecule has 1 aromatic heterocycles. The van der Waals surface area contributed by atoms with E-state index in [1.165, 1.54) is 6.26 Å². The van der Waals surface area contributed by atoms with Gasteiger partial charge < -0.3 is 4.42 Å². The van der Waals surface area contributed by atoms with E-state index in [0.29, 0.717) is 0 Å². The van der Waals surface area contributed by atoms with Crippen LogP contribution >= 0.6 is 11.6 Å². The van der Waals surface area contributed by atoms with Crippen LogP contribution in [0.4, 0.5) is 0 Å². The number of hydrogen-bond acceptors (Lipinski definition) is 3. The molecular formula is C4HClN2O. The number of hydrogen-bond donors (Lipinski definition) is 0. The van der Waals surface area contributed by atoms with Crippen molar-refractivity contribution in [3.63, 3.8) is 0 Å². The van der Waals surface area contributed by atoms with Crippen LogP contribution < -0.4 is 0 Å². The molecule has 0 saturated carbocycles. The van der Waals surface area contributed by atoms with Gasteiger partial charge in [0.25, 0.3) is 5.35 Å². The molecule has 0 aliphatic heterocycles. The largest absolute Gasteiger partial charge is 0.435 e. The Balaban J connectivity index is 3.05. The molecule has 0 aliphatic carbocycles. The topological polar surface area (TPSA) is 49.8 Å². The van der Waals surface area contributed by atoms with Crippen molar-refractivity contribution < 1.29 is 4.42 Å². The molecule has 0 aromatic carbocycles. The molecule has 0 saturated heterocycles. The highest BCUT2D eigenvalue weighted by Crippen LogP contribution is 2.04. The van der Waals surface area contributed by atoms with Crippen LogP contribution in [0.3, 0.4) is 0 Å². The first kappa shape index (κ1) is 5.13. The van der Waals surface area contributed by atoms with E-state index in [2.05, 4.69) is 9.40 Å². The summed E-state index contributed by atoms with van der Waals surface area (Å²) in [6.07, 6.45) is 1.20. The van der Waals surface area contributed by atoms with Gasteiger partial charge in [0.1, 0.15) is 12.3 Å². The number of halogens is 1. The summed E-state index contributed by atoms with van der Waals surface area (Å²) in [7, 11) is 0. The van der Waals surface area contributed by atoms with Gasteiger partial charge in [-0.2, -0.15) is 10.2 Å². The Hall–Kier alpha value is -1.01. The van der Waals surface area contributed by atoms with Crippen molar-refractivity contribution in [2.45, 2.75) is 0 Å². The molecule has 0 atom stereocenters. The smallest absolute Gasteiger partial charge is 0.293 e. The zero-order chi connectivity index (χ0) is 5.98. The van der Waals surface area contributed by atoms with E-state index >= 15 is 0 Å². The molecule has 0 amide bonds. The lowest BCUT2D eigenvalue weighted by Gasteiger charge is -1.64. The SMILES string of the molecule is N#Cc1coc(Cl)n1. The highest BCUT2D eigenvalue weighted by molar-refractivity contribution is 6.27. The fourth-order valence-electron chi connectivity index (χ4n) is 0.303. The third-order valence-electron chi connectivity index (χ3n) is 0.591. The van der Waals surface area contributed by atoms with Crippen LogP contribution in [0, 0.1) is 11.3 Å². The number of aromatic nitrogens is 1. The summed E-state index contributed by atoms with van der Waals surface area (Å²) >= 11 is 5.21. The van der Waals surface area contributed by atoms with Crippen molar-refractivity contribution in [1.29, 1.82) is 5.26 Å². The van der Waals surface area contributed by atoms with Gasteiger partial charge >= 0.3 is 0 Å². The van der Waals surface area contributed by atoms with Crippen LogP contribution in [0.5, 0.6) is 0 Å². The average molecular weight is 129 g/mol. The molecule has 0 spiro atoms. The predicted molar refractivity (Wildman–Crippen MR) is 26.2 cm³/mol. The first-order chi connectivity index (χ1) is 3.83. The second-order valence-electron chi connectivity index (χ2n) is 1.10. The molecule has 8 heavy (non-hydrogen) atoms. The van der Waals surface area contributed by atoms with Crippen molar-refractivity contribution in [3.8, 4) is 6.07 Å². The van der Waals surface area contributed by atoms with Crippen LogP contribution in [0.2, 0.25) is 5.35 Å². The normalized spacial score (nSPS) is 8.50. The molecule has 1 aromatic rings. The van der Waals surface area contributed by atoms with Crippen LogP contribution in [0.25, 0.3) is 0 Å². The summed E-state index contributed by atoms with van der Waals surface area (Å²) in [5, 5.41) is 8.12. The maximum atomic E-state index is 8.12. The molecule has 0 unspecified atom stereocenters. The summed E-state index contributed by atoms with van der Waals surface area (Å²) in [6.45, 7) is 0. The third-order valence-corrected chi connectivity index (χ3v) is 0.764. The molecule has 3 nitrogen and oxygen atoms in total. The van der Waals surface area contributed by atoms with Crippen molar-refractivity contribution >= 4 is 11.6 Å². The molecule has 0 radical (unpaired) electrons. The van der Waals surface area contributed by atoms with Gasteiger partial charge in [-0.15, -0.1) is 0 Å². The third kappa shape index (κ3) is 0.796. The second-order valence-corrected chi connectivity index (χ2v) is 1.42. The van der Waals surface area contributed by atoms with Gasteiger partial charge in [0.2, 0.25) is 0 Å². The van der Waals surface area contributed by atoms with Gasteiger partial charge in [-0.3, -0.25) is 0 Å². The Labute approximate surface area is 50.5 Å². The fourth-order valence-corrected chi connectivity index (χ4v) is 0.439. The zero-order valence-electron chi connectivity index (χ0n) is 3.76. The second kappa shape index (κ2) is 1.85. The molecular weight excluding hydrogens is 128 g/mol. The van der Waals surface area contributed by atoms with Crippen LogP contribution in [0.15, 0.2) is 10.7 Å². The predicted octanol–water partition coefficient (Wildman–Crippen LogP) is 1.20. The van der Waals surface area contributed by atoms with Gasteiger partial charge in [-0.25, -0.2) is 0 Å². The highest BCUT2D eigenvalue weighted by atomic mass is 35.5. The minimum Gasteiger partial charge on any atom is -0.435 e. The van der Waals surface area contributed by atoms with E-state index in [9.17, 15) is 0 Å². The van der Waals surface area contributed by atoms with Gasteiger partial charge in [0.15, 0.2) is 5.69 Å². The van der Waals surface area contributed by atoms with E-state index in [4.69, 9.17) is 16.9 Å². The lowest BCUT2D eigenvalue weighted by Crippen LogP contribution is -1.66. The summed E-state index contributed by atoms with van der Waals surface area (Å²) in [5.41, 5.74) is 0.204. The molecule has 1 rings (SSSR count). The van der Waals surface area contributed by atoms with E-state index in [1.54, 1.807) is 6.07 Å². The molecule has 0 N–H and O–H groups in total. The van der Waals surface area contributed by atoms with Gasteiger partial charge in [0.05, 0.1) is 0 Å². The first-order valence-corrected chi connectivity index (χ1v) is 2.22. The molecule has 40 valence electrons. The Bertz CT molecular complexity index is 224. The summed E-state index contributed by atoms with van der Waals surface area (Å²) in [5.74, 6) is 0. The Morgan fingerprint density at radius 3 is 2.88 bits per heavy atom. The Morgan fingerprint density at radius 2 is 2.62 bits per heavy atom. The van der Waals surface area contributed by atoms with E-state index < -0.39 is 0 Å². The van der Waals surface area contributed by atoms with Crippen molar-refractivity contribution in [1.82, 2.24) is 4.98 Å². The monoisotopic (exact) mass is 128 g/mol. The van der Waals surface area contributed by atoms with Crippen molar-refractivity contribution in [2.75, 3.05) is 0 Å². The number of nitriles is 1. The Morgan fingerprint density at radius 1 is 1.88 bits per heavy atom. The minimum absolute atomic E-state index is 0.00144. The molecule has 4 heteroatoms. The summed E-state index contributed by atoms with van der Waals surface area (Å²) in [4.78, 5) is 3.47. The van der Waals surface area contributed by atoms with Gasteiger partial charge in [-0.05, 0) is 11.6 Å². The molecule has 1 heterocycles. The lowest BCUT2D eigenvalue weighted by atomic mass is 10.6. The lowest BCUT2D eigenvalue weighted by molar-refractivity contribution is 0.560. The van der Waals surface area contributed by atoms with Crippen molar-refractivity contribution in [2.24, 2.45) is 0 Å². The van der Waals surface area contributed by atoms with E-state index in [-0.39, 0.29) is 11.0 Å². The van der Waals surface area contributed by atoms with Crippen LogP contribution in [-0.2, 0) is 0 Å². The fraction of sp³-hybridized carbons (Fsp3) is 0. The van der Waals surface area contributed by atoms with Crippen LogP contribution in [-0.4, -0.2) is 4.98 Å². The van der Waals surface area contributed by atoms with Crippen molar-refractivity contribution in [3.05, 3.63) is 17.3 Å². The summed E-state index contributed by atoms with van der Waals surface area (Å²) < 4.78 is 4.49. The zero-order valence-corrected chi connectivity index (χ0v) is 4.51. The number of rotatable bonds is 0. The maximum Gasteiger partial charge on any atom is 0.293 e. The number of oxazole rings is 1. The molecule has 0 bridgehead atoms. The summed E-state index contributed by atoms with van der Waals surface area (Å²) in [6, 6.07) is 1.76. The van der Waals surface area contributed by atoms with Gasteiger partial charge in [0, 0.05) is 0 Å². The van der Waals surface area contributed by atoms with E-state index in [0.717, 1.165) is 0 Å². The van der Waals surface area contributed by atoms with Gasteiger partial charge in [-0.1, -0.05) is 0 Å². The Kier molecular flexibility index (Phi) is 1.18. The average Bonchev–Trinajstić information content (AvgIpc) is 2.14. The standard InChI is InChI=1S/C4HClN2O/c5-4-7-3(1-6)2-8-4/h2H.